The third-order valence-corrected chi connectivity index (χ3v) is 4.05. The highest BCUT2D eigenvalue weighted by Gasteiger charge is 2.47. The summed E-state index contributed by atoms with van der Waals surface area (Å²) in [7, 11) is 0. The molecule has 0 aliphatic heterocycles. The first kappa shape index (κ1) is 13.8. The van der Waals surface area contributed by atoms with Gasteiger partial charge in [0.05, 0.1) is 0 Å². The highest BCUT2D eigenvalue weighted by Crippen LogP contribution is 2.41. The van der Waals surface area contributed by atoms with Crippen LogP contribution in [0.3, 0.4) is 0 Å². The zero-order chi connectivity index (χ0) is 13.7. The van der Waals surface area contributed by atoms with Crippen LogP contribution in [0.1, 0.15) is 37.2 Å². The SMILES string of the molecule is C=CCNC1(C(=O)O)CCCCC1c1ccccc1. The Morgan fingerprint density at radius 3 is 2.79 bits per heavy atom. The predicted octanol–water partition coefficient (Wildman–Crippen LogP) is 2.94. The average Bonchev–Trinajstić information content (AvgIpc) is 2.46. The van der Waals surface area contributed by atoms with Gasteiger partial charge in [0.25, 0.3) is 0 Å². The number of aliphatic carboxylic acids is 1. The van der Waals surface area contributed by atoms with Crippen LogP contribution in [0.25, 0.3) is 0 Å². The van der Waals surface area contributed by atoms with Crippen LogP contribution in [0.2, 0.25) is 0 Å². The van der Waals surface area contributed by atoms with Crippen LogP contribution in [0, 0.1) is 0 Å². The van der Waals surface area contributed by atoms with Gasteiger partial charge in [-0.2, -0.15) is 0 Å². The molecule has 0 amide bonds. The Bertz CT molecular complexity index is 443. The van der Waals surface area contributed by atoms with E-state index < -0.39 is 11.5 Å². The molecule has 1 aromatic carbocycles. The summed E-state index contributed by atoms with van der Waals surface area (Å²) < 4.78 is 0. The van der Waals surface area contributed by atoms with E-state index in [2.05, 4.69) is 11.9 Å². The highest BCUT2D eigenvalue weighted by molar-refractivity contribution is 5.80. The minimum absolute atomic E-state index is 0.0277. The maximum atomic E-state index is 11.9. The monoisotopic (exact) mass is 259 g/mol. The molecule has 102 valence electrons. The number of carboxylic acids is 1. The van der Waals surface area contributed by atoms with Crippen LogP contribution in [0.5, 0.6) is 0 Å². The Morgan fingerprint density at radius 1 is 1.42 bits per heavy atom. The van der Waals surface area contributed by atoms with E-state index in [9.17, 15) is 9.90 Å². The summed E-state index contributed by atoms with van der Waals surface area (Å²) in [5.74, 6) is -0.720. The molecule has 0 heterocycles. The maximum Gasteiger partial charge on any atom is 0.324 e. The second kappa shape index (κ2) is 6.02. The molecule has 19 heavy (non-hydrogen) atoms. The van der Waals surface area contributed by atoms with Gasteiger partial charge >= 0.3 is 5.97 Å². The molecular formula is C16H21NO2. The fourth-order valence-corrected chi connectivity index (χ4v) is 3.11. The first-order valence-electron chi connectivity index (χ1n) is 6.85. The molecule has 1 aromatic rings. The van der Waals surface area contributed by atoms with E-state index in [1.165, 1.54) is 0 Å². The third kappa shape index (κ3) is 2.71. The molecule has 1 aliphatic carbocycles. The number of carboxylic acid groups (broad SMARTS) is 1. The topological polar surface area (TPSA) is 49.3 Å². The van der Waals surface area contributed by atoms with Crippen molar-refractivity contribution in [1.82, 2.24) is 5.32 Å². The minimum Gasteiger partial charge on any atom is -0.480 e. The Balaban J connectivity index is 2.36. The van der Waals surface area contributed by atoms with Crippen molar-refractivity contribution in [1.29, 1.82) is 0 Å². The second-order valence-electron chi connectivity index (χ2n) is 5.16. The van der Waals surface area contributed by atoms with Gasteiger partial charge in [-0.25, -0.2) is 0 Å². The van der Waals surface area contributed by atoms with Crippen LogP contribution in [0.15, 0.2) is 43.0 Å². The van der Waals surface area contributed by atoms with Crippen LogP contribution in [-0.4, -0.2) is 23.2 Å². The predicted molar refractivity (Wildman–Crippen MR) is 76.2 cm³/mol. The quantitative estimate of drug-likeness (QED) is 0.799. The lowest BCUT2D eigenvalue weighted by Crippen LogP contribution is -2.57. The number of hydrogen-bond acceptors (Lipinski definition) is 2. The normalized spacial score (nSPS) is 26.8. The molecule has 2 rings (SSSR count). The number of rotatable bonds is 5. The molecule has 1 fully saturated rings. The van der Waals surface area contributed by atoms with Gasteiger partial charge in [-0.3, -0.25) is 10.1 Å². The second-order valence-corrected chi connectivity index (χ2v) is 5.16. The molecule has 2 unspecified atom stereocenters. The summed E-state index contributed by atoms with van der Waals surface area (Å²) >= 11 is 0. The van der Waals surface area contributed by atoms with Crippen molar-refractivity contribution in [2.75, 3.05) is 6.54 Å². The summed E-state index contributed by atoms with van der Waals surface area (Å²) in [5.41, 5.74) is 0.259. The summed E-state index contributed by atoms with van der Waals surface area (Å²) in [6, 6.07) is 9.98. The molecule has 3 nitrogen and oxygen atoms in total. The zero-order valence-electron chi connectivity index (χ0n) is 11.1. The van der Waals surface area contributed by atoms with E-state index in [1.54, 1.807) is 6.08 Å². The largest absolute Gasteiger partial charge is 0.480 e. The summed E-state index contributed by atoms with van der Waals surface area (Å²) in [5, 5.41) is 13.0. The van der Waals surface area contributed by atoms with Crippen LogP contribution < -0.4 is 5.32 Å². The molecular weight excluding hydrogens is 238 g/mol. The van der Waals surface area contributed by atoms with Crippen LogP contribution >= 0.6 is 0 Å². The molecule has 0 spiro atoms. The van der Waals surface area contributed by atoms with Gasteiger partial charge in [0, 0.05) is 12.5 Å². The third-order valence-electron chi connectivity index (χ3n) is 4.05. The van der Waals surface area contributed by atoms with Crippen molar-refractivity contribution in [3.63, 3.8) is 0 Å². The highest BCUT2D eigenvalue weighted by atomic mass is 16.4. The molecule has 0 saturated heterocycles. The molecule has 0 aromatic heterocycles. The average molecular weight is 259 g/mol. The standard InChI is InChI=1S/C16H21NO2/c1-2-12-17-16(15(18)19)11-7-6-10-14(16)13-8-4-3-5-9-13/h2-5,8-9,14,17H,1,6-7,10-12H2,(H,18,19). The van der Waals surface area contributed by atoms with Gasteiger partial charge in [-0.05, 0) is 18.4 Å². The van der Waals surface area contributed by atoms with Crippen molar-refractivity contribution in [2.45, 2.75) is 37.1 Å². The number of nitrogens with one attached hydrogen (secondary N) is 1. The Morgan fingerprint density at radius 2 is 2.16 bits per heavy atom. The number of benzene rings is 1. The van der Waals surface area contributed by atoms with E-state index in [0.29, 0.717) is 13.0 Å². The summed E-state index contributed by atoms with van der Waals surface area (Å²) in [4.78, 5) is 11.9. The lowest BCUT2D eigenvalue weighted by atomic mass is 9.69. The number of carbonyl (C=O) groups is 1. The van der Waals surface area contributed by atoms with E-state index in [4.69, 9.17) is 0 Å². The molecule has 1 saturated carbocycles. The fourth-order valence-electron chi connectivity index (χ4n) is 3.11. The molecule has 2 N–H and O–H groups in total. The maximum absolute atomic E-state index is 11.9. The minimum atomic E-state index is -0.853. The molecule has 3 heteroatoms. The van der Waals surface area contributed by atoms with E-state index >= 15 is 0 Å². The van der Waals surface area contributed by atoms with Gasteiger partial charge in [0.15, 0.2) is 0 Å². The Labute approximate surface area is 114 Å². The summed E-state index contributed by atoms with van der Waals surface area (Å²) in [6.07, 6.45) is 5.36. The van der Waals surface area contributed by atoms with Crippen molar-refractivity contribution in [3.8, 4) is 0 Å². The summed E-state index contributed by atoms with van der Waals surface area (Å²) in [6.45, 7) is 4.20. The lowest BCUT2D eigenvalue weighted by Gasteiger charge is -2.41. The smallest absolute Gasteiger partial charge is 0.324 e. The van der Waals surface area contributed by atoms with Gasteiger partial charge in [-0.15, -0.1) is 6.58 Å². The lowest BCUT2D eigenvalue weighted by molar-refractivity contribution is -0.147. The zero-order valence-corrected chi connectivity index (χ0v) is 11.1. The number of hydrogen-bond donors (Lipinski definition) is 2. The first-order valence-corrected chi connectivity index (χ1v) is 6.85. The van der Waals surface area contributed by atoms with Crippen molar-refractivity contribution >= 4 is 5.97 Å². The fraction of sp³-hybridized carbons (Fsp3) is 0.438. The van der Waals surface area contributed by atoms with Crippen LogP contribution in [0.4, 0.5) is 0 Å². The Hall–Kier alpha value is -1.61. The molecule has 0 bridgehead atoms. The molecule has 0 radical (unpaired) electrons. The van der Waals surface area contributed by atoms with Crippen LogP contribution in [-0.2, 0) is 4.79 Å². The van der Waals surface area contributed by atoms with E-state index in [1.807, 2.05) is 30.3 Å². The molecule has 2 atom stereocenters. The van der Waals surface area contributed by atoms with Crippen molar-refractivity contribution < 1.29 is 9.90 Å². The van der Waals surface area contributed by atoms with E-state index in [-0.39, 0.29) is 5.92 Å². The first-order chi connectivity index (χ1) is 9.20. The molecule has 1 aliphatic rings. The Kier molecular flexibility index (Phi) is 4.38. The van der Waals surface area contributed by atoms with Gasteiger partial charge in [0.1, 0.15) is 5.54 Å². The van der Waals surface area contributed by atoms with Gasteiger partial charge in [-0.1, -0.05) is 49.2 Å². The van der Waals surface area contributed by atoms with Crippen molar-refractivity contribution in [3.05, 3.63) is 48.6 Å². The van der Waals surface area contributed by atoms with E-state index in [0.717, 1.165) is 24.8 Å². The van der Waals surface area contributed by atoms with Gasteiger partial charge in [0.2, 0.25) is 0 Å². The van der Waals surface area contributed by atoms with Crippen molar-refractivity contribution in [2.24, 2.45) is 0 Å². The van der Waals surface area contributed by atoms with Gasteiger partial charge < -0.3 is 5.11 Å².